The fourth-order valence-electron chi connectivity index (χ4n) is 0.890. The lowest BCUT2D eigenvalue weighted by molar-refractivity contribution is 0.554. The number of amides is 1. The van der Waals surface area contributed by atoms with Gasteiger partial charge in [-0.05, 0) is 30.7 Å². The molecule has 0 bridgehead atoms. The molecule has 0 unspecified atom stereocenters. The number of aryl methyl sites for hydroxylation is 1. The highest BCUT2D eigenvalue weighted by atomic mass is 35.5. The predicted molar refractivity (Wildman–Crippen MR) is 50.3 cm³/mol. The number of anilines is 1. The van der Waals surface area contributed by atoms with E-state index in [4.69, 9.17) is 11.6 Å². The third kappa shape index (κ3) is 1.77. The van der Waals surface area contributed by atoms with Crippen molar-refractivity contribution in [2.75, 3.05) is 11.9 Å². The van der Waals surface area contributed by atoms with Gasteiger partial charge in [0, 0.05) is 17.8 Å². The van der Waals surface area contributed by atoms with Gasteiger partial charge in [-0.25, -0.2) is 0 Å². The minimum absolute atomic E-state index is 0.707. The van der Waals surface area contributed by atoms with Crippen molar-refractivity contribution in [2.24, 2.45) is 0 Å². The Labute approximate surface area is 76.8 Å². The first kappa shape index (κ1) is 9.07. The van der Waals surface area contributed by atoms with Crippen LogP contribution in [0.2, 0.25) is 5.02 Å². The summed E-state index contributed by atoms with van der Waals surface area (Å²) < 4.78 is 0. The lowest BCUT2D eigenvalue weighted by atomic mass is 10.2. The lowest BCUT2D eigenvalue weighted by Gasteiger charge is -2.10. The number of hydrogen-bond donors (Lipinski definition) is 0. The van der Waals surface area contributed by atoms with Crippen molar-refractivity contribution >= 4 is 23.7 Å². The van der Waals surface area contributed by atoms with Crippen LogP contribution < -0.4 is 4.90 Å². The van der Waals surface area contributed by atoms with Crippen LogP contribution in [0.3, 0.4) is 0 Å². The molecule has 0 atom stereocenters. The minimum atomic E-state index is 0.707. The molecule has 0 aliphatic heterocycles. The number of benzene rings is 1. The summed E-state index contributed by atoms with van der Waals surface area (Å²) in [6.07, 6.45) is 1.77. The molecular weight excluding hydrogens is 174 g/mol. The van der Waals surface area contributed by atoms with Gasteiger partial charge in [0.15, 0.2) is 0 Å². The second-order valence-corrected chi connectivity index (χ2v) is 2.99. The van der Waals surface area contributed by atoms with Gasteiger partial charge in [-0.1, -0.05) is 11.6 Å². The van der Waals surface area contributed by atoms with E-state index in [1.54, 1.807) is 25.6 Å². The maximum Gasteiger partial charge on any atom is 0.316 e. The molecular formula is C9H9ClNO. The zero-order chi connectivity index (χ0) is 9.14. The first-order valence-corrected chi connectivity index (χ1v) is 3.90. The molecule has 1 amide bonds. The van der Waals surface area contributed by atoms with Crippen LogP contribution in [0.1, 0.15) is 5.56 Å². The van der Waals surface area contributed by atoms with Crippen molar-refractivity contribution in [1.29, 1.82) is 0 Å². The van der Waals surface area contributed by atoms with E-state index >= 15 is 0 Å². The Hall–Kier alpha value is -1.02. The van der Waals surface area contributed by atoms with Gasteiger partial charge in [-0.15, -0.1) is 0 Å². The highest BCUT2D eigenvalue weighted by Gasteiger charge is 2.01. The zero-order valence-electron chi connectivity index (χ0n) is 6.97. The lowest BCUT2D eigenvalue weighted by Crippen LogP contribution is -2.13. The highest BCUT2D eigenvalue weighted by Crippen LogP contribution is 2.20. The van der Waals surface area contributed by atoms with E-state index < -0.39 is 0 Å². The van der Waals surface area contributed by atoms with Crippen LogP contribution in [0.15, 0.2) is 18.2 Å². The molecule has 0 saturated carbocycles. The summed E-state index contributed by atoms with van der Waals surface area (Å²) in [5.41, 5.74) is 1.75. The highest BCUT2D eigenvalue weighted by molar-refractivity contribution is 6.31. The SMILES string of the molecule is Cc1cc(N(C)[C]=O)ccc1Cl. The van der Waals surface area contributed by atoms with Crippen LogP contribution in [0.4, 0.5) is 5.69 Å². The Kier molecular flexibility index (Phi) is 2.71. The van der Waals surface area contributed by atoms with Gasteiger partial charge in [0.2, 0.25) is 0 Å². The number of hydrogen-bond acceptors (Lipinski definition) is 1. The standard InChI is InChI=1S/C9H9ClNO/c1-7-5-8(11(2)6-12)3-4-9(7)10/h3-5H,1-2H3. The predicted octanol–water partition coefficient (Wildman–Crippen LogP) is 2.15. The number of halogens is 1. The topological polar surface area (TPSA) is 20.3 Å². The molecule has 1 aromatic carbocycles. The molecule has 3 heteroatoms. The molecule has 2 nitrogen and oxygen atoms in total. The largest absolute Gasteiger partial charge is 0.316 e. The van der Waals surface area contributed by atoms with Crippen LogP contribution in [0.5, 0.6) is 0 Å². The van der Waals surface area contributed by atoms with Crippen LogP contribution in [0.25, 0.3) is 0 Å². The van der Waals surface area contributed by atoms with Crippen molar-refractivity contribution in [3.63, 3.8) is 0 Å². The quantitative estimate of drug-likeness (QED) is 0.642. The normalized spacial score (nSPS) is 9.58. The van der Waals surface area contributed by atoms with E-state index in [1.165, 1.54) is 4.90 Å². The number of nitrogens with zero attached hydrogens (tertiary/aromatic N) is 1. The second-order valence-electron chi connectivity index (χ2n) is 2.58. The first-order chi connectivity index (χ1) is 5.65. The monoisotopic (exact) mass is 182 g/mol. The van der Waals surface area contributed by atoms with Crippen LogP contribution in [-0.4, -0.2) is 13.5 Å². The summed E-state index contributed by atoms with van der Waals surface area (Å²) in [4.78, 5) is 11.6. The van der Waals surface area contributed by atoms with E-state index in [1.807, 2.05) is 13.0 Å². The van der Waals surface area contributed by atoms with Crippen LogP contribution >= 0.6 is 11.6 Å². The molecule has 1 aromatic rings. The molecule has 0 N–H and O–H groups in total. The van der Waals surface area contributed by atoms with E-state index in [9.17, 15) is 4.79 Å². The molecule has 0 saturated heterocycles. The third-order valence-electron chi connectivity index (χ3n) is 1.67. The fraction of sp³-hybridized carbons (Fsp3) is 0.222. The Morgan fingerprint density at radius 1 is 1.50 bits per heavy atom. The van der Waals surface area contributed by atoms with Crippen molar-refractivity contribution in [3.8, 4) is 0 Å². The molecule has 0 aliphatic carbocycles. The maximum absolute atomic E-state index is 10.3. The average molecular weight is 183 g/mol. The maximum atomic E-state index is 10.3. The summed E-state index contributed by atoms with van der Waals surface area (Å²) in [6.45, 7) is 1.89. The van der Waals surface area contributed by atoms with Gasteiger partial charge in [-0.2, -0.15) is 0 Å². The Morgan fingerprint density at radius 3 is 2.67 bits per heavy atom. The summed E-state index contributed by atoms with van der Waals surface area (Å²) in [7, 11) is 1.65. The van der Waals surface area contributed by atoms with Crippen LogP contribution in [-0.2, 0) is 4.79 Å². The summed E-state index contributed by atoms with van der Waals surface area (Å²) >= 11 is 5.81. The van der Waals surface area contributed by atoms with Crippen molar-refractivity contribution in [1.82, 2.24) is 0 Å². The number of carbonyl (C=O) groups excluding carboxylic acids is 1. The van der Waals surface area contributed by atoms with Crippen molar-refractivity contribution < 1.29 is 4.79 Å². The Morgan fingerprint density at radius 2 is 2.17 bits per heavy atom. The van der Waals surface area contributed by atoms with E-state index in [0.717, 1.165) is 11.3 Å². The van der Waals surface area contributed by atoms with E-state index in [2.05, 4.69) is 0 Å². The fourth-order valence-corrected chi connectivity index (χ4v) is 1.01. The number of rotatable bonds is 2. The van der Waals surface area contributed by atoms with Crippen LogP contribution in [0, 0.1) is 6.92 Å². The molecule has 1 rings (SSSR count). The van der Waals surface area contributed by atoms with Gasteiger partial charge < -0.3 is 4.90 Å². The molecule has 1 radical (unpaired) electrons. The second kappa shape index (κ2) is 3.59. The molecule has 0 aromatic heterocycles. The van der Waals surface area contributed by atoms with Gasteiger partial charge in [0.1, 0.15) is 0 Å². The van der Waals surface area contributed by atoms with Crippen molar-refractivity contribution in [2.45, 2.75) is 6.92 Å². The Balaban J connectivity index is 3.04. The molecule has 0 spiro atoms. The average Bonchev–Trinajstić information content (AvgIpc) is 2.08. The molecule has 63 valence electrons. The minimum Gasteiger partial charge on any atom is -0.307 e. The molecule has 0 aliphatic rings. The smallest absolute Gasteiger partial charge is 0.307 e. The third-order valence-corrected chi connectivity index (χ3v) is 2.09. The first-order valence-electron chi connectivity index (χ1n) is 3.53. The van der Waals surface area contributed by atoms with Crippen molar-refractivity contribution in [3.05, 3.63) is 28.8 Å². The van der Waals surface area contributed by atoms with Gasteiger partial charge in [0.25, 0.3) is 0 Å². The molecule has 0 fully saturated rings. The zero-order valence-corrected chi connectivity index (χ0v) is 7.72. The Bertz CT molecular complexity index is 299. The van der Waals surface area contributed by atoms with Gasteiger partial charge >= 0.3 is 6.41 Å². The van der Waals surface area contributed by atoms with E-state index in [-0.39, 0.29) is 0 Å². The summed E-state index contributed by atoms with van der Waals surface area (Å²) in [5.74, 6) is 0. The van der Waals surface area contributed by atoms with Gasteiger partial charge in [0.05, 0.1) is 0 Å². The van der Waals surface area contributed by atoms with Gasteiger partial charge in [-0.3, -0.25) is 4.79 Å². The van der Waals surface area contributed by atoms with E-state index in [0.29, 0.717) is 5.02 Å². The summed E-state index contributed by atoms with van der Waals surface area (Å²) in [6, 6.07) is 5.38. The molecule has 0 heterocycles. The summed E-state index contributed by atoms with van der Waals surface area (Å²) in [5, 5.41) is 0.707. The molecule has 12 heavy (non-hydrogen) atoms.